The van der Waals surface area contributed by atoms with Gasteiger partial charge in [0.05, 0.1) is 30.3 Å². The van der Waals surface area contributed by atoms with Crippen molar-refractivity contribution in [1.82, 2.24) is 14.7 Å². The van der Waals surface area contributed by atoms with E-state index < -0.39 is 71.8 Å². The molecule has 1 N–H and O–H groups in total. The highest BCUT2D eigenvalue weighted by molar-refractivity contribution is 6.35. The second-order valence-electron chi connectivity index (χ2n) is 9.71. The summed E-state index contributed by atoms with van der Waals surface area (Å²) < 4.78 is 71.5. The number of rotatable bonds is 8. The van der Waals surface area contributed by atoms with Crippen molar-refractivity contribution in [2.75, 3.05) is 6.54 Å². The maximum absolute atomic E-state index is 14.4. The maximum atomic E-state index is 14.4. The van der Waals surface area contributed by atoms with Gasteiger partial charge in [0.1, 0.15) is 11.6 Å². The van der Waals surface area contributed by atoms with Gasteiger partial charge in [0, 0.05) is 28.2 Å². The third kappa shape index (κ3) is 7.23. The molecule has 1 saturated carbocycles. The molecule has 0 aliphatic heterocycles. The van der Waals surface area contributed by atoms with Crippen LogP contribution >= 0.6 is 23.2 Å². The van der Waals surface area contributed by atoms with Crippen molar-refractivity contribution in [3.05, 3.63) is 86.7 Å². The smallest absolute Gasteiger partial charge is 0.433 e. The fraction of sp³-hybridized carbons (Fsp3) is 0.333. The number of benzene rings is 2. The molecule has 1 fully saturated rings. The highest BCUT2D eigenvalue weighted by atomic mass is 35.5. The normalized spacial score (nSPS) is 17.3. The Labute approximate surface area is 240 Å². The van der Waals surface area contributed by atoms with Crippen LogP contribution in [0.3, 0.4) is 0 Å². The summed E-state index contributed by atoms with van der Waals surface area (Å²) in [6.07, 6.45) is -3.87. The number of ketones is 1. The summed E-state index contributed by atoms with van der Waals surface area (Å²) in [7, 11) is 0. The molecule has 0 saturated heterocycles. The molecule has 4 rings (SSSR count). The molecule has 1 aromatic heterocycles. The van der Waals surface area contributed by atoms with Gasteiger partial charge in [-0.3, -0.25) is 19.1 Å². The summed E-state index contributed by atoms with van der Waals surface area (Å²) in [6, 6.07) is 5.41. The van der Waals surface area contributed by atoms with Crippen molar-refractivity contribution in [3.8, 4) is 0 Å². The number of halogens is 7. The number of aromatic nitrogens is 2. The minimum absolute atomic E-state index is 0.0346. The van der Waals surface area contributed by atoms with E-state index in [4.69, 9.17) is 23.2 Å². The van der Waals surface area contributed by atoms with Crippen LogP contribution in [0.5, 0.6) is 0 Å². The molecule has 1 aliphatic carbocycles. The first-order chi connectivity index (χ1) is 19.2. The standard InChI is InChI=1S/C27H22Cl2F5N3O4/c28-17-7-16(8-18(29)9-17)23(38)13-36(12-14-5-19(30)10-20(31)6-14)25(39)22-11-35-37(24(22)27(32,33)34)21-3-1-15(2-4-21)26(40)41/h5-11,15,21H,1-4,12-13H2,(H,40,41)/t15-,21-. The van der Waals surface area contributed by atoms with Gasteiger partial charge in [-0.2, -0.15) is 18.3 Å². The van der Waals surface area contributed by atoms with Crippen molar-refractivity contribution in [2.24, 2.45) is 5.92 Å². The minimum atomic E-state index is -5.05. The average Bonchev–Trinajstić information content (AvgIpc) is 3.33. The van der Waals surface area contributed by atoms with E-state index in [0.717, 1.165) is 23.2 Å². The van der Waals surface area contributed by atoms with Gasteiger partial charge < -0.3 is 10.0 Å². The molecular weight excluding hydrogens is 596 g/mol. The van der Waals surface area contributed by atoms with E-state index >= 15 is 0 Å². The maximum Gasteiger partial charge on any atom is 0.433 e. The summed E-state index contributed by atoms with van der Waals surface area (Å²) >= 11 is 11.9. The van der Waals surface area contributed by atoms with Gasteiger partial charge >= 0.3 is 12.1 Å². The molecule has 0 bridgehead atoms. The Hall–Kier alpha value is -3.51. The van der Waals surface area contributed by atoms with Crippen LogP contribution in [0.2, 0.25) is 10.0 Å². The van der Waals surface area contributed by atoms with Gasteiger partial charge in [-0.1, -0.05) is 23.2 Å². The number of Topliss-reactive ketones (excluding diaryl/α,β-unsaturated/α-hetero) is 1. The molecule has 1 aliphatic rings. The SMILES string of the molecule is O=C(CN(Cc1cc(F)cc(F)c1)C(=O)c1cnn([C@H]2CC[C@H](C(=O)O)CC2)c1C(F)(F)F)c1cc(Cl)cc(Cl)c1. The summed E-state index contributed by atoms with van der Waals surface area (Å²) in [5, 5.41) is 13.3. The number of carboxylic acids is 1. The van der Waals surface area contributed by atoms with Gasteiger partial charge in [-0.15, -0.1) is 0 Å². The molecule has 1 amide bonds. The number of aliphatic carboxylic acids is 1. The lowest BCUT2D eigenvalue weighted by Gasteiger charge is -2.28. The van der Waals surface area contributed by atoms with Crippen molar-refractivity contribution >= 4 is 40.9 Å². The van der Waals surface area contributed by atoms with Gasteiger partial charge in [0.2, 0.25) is 0 Å². The van der Waals surface area contributed by atoms with E-state index in [9.17, 15) is 41.4 Å². The Morgan fingerprint density at radius 1 is 0.951 bits per heavy atom. The molecule has 0 spiro atoms. The number of hydrogen-bond acceptors (Lipinski definition) is 4. The third-order valence-electron chi connectivity index (χ3n) is 6.79. The summed E-state index contributed by atoms with van der Waals surface area (Å²) in [4.78, 5) is 38.7. The Kier molecular flexibility index (Phi) is 9.03. The van der Waals surface area contributed by atoms with Crippen LogP contribution < -0.4 is 0 Å². The molecule has 218 valence electrons. The van der Waals surface area contributed by atoms with Crippen LogP contribution in [-0.2, 0) is 17.5 Å². The molecule has 14 heteroatoms. The predicted octanol–water partition coefficient (Wildman–Crippen LogP) is 6.83. The Balaban J connectivity index is 1.71. The predicted molar refractivity (Wildman–Crippen MR) is 138 cm³/mol. The van der Waals surface area contributed by atoms with Crippen LogP contribution in [0.15, 0.2) is 42.6 Å². The van der Waals surface area contributed by atoms with Crippen molar-refractivity contribution in [3.63, 3.8) is 0 Å². The number of alkyl halides is 3. The van der Waals surface area contributed by atoms with Crippen molar-refractivity contribution in [2.45, 2.75) is 44.4 Å². The monoisotopic (exact) mass is 617 g/mol. The Morgan fingerprint density at radius 2 is 1.54 bits per heavy atom. The fourth-order valence-electron chi connectivity index (χ4n) is 4.92. The molecule has 0 atom stereocenters. The van der Waals surface area contributed by atoms with E-state index in [1.807, 2.05) is 0 Å². The molecule has 3 aromatic rings. The van der Waals surface area contributed by atoms with Crippen LogP contribution in [0.4, 0.5) is 22.0 Å². The zero-order valence-electron chi connectivity index (χ0n) is 21.1. The zero-order valence-corrected chi connectivity index (χ0v) is 22.6. The second kappa shape index (κ2) is 12.2. The molecule has 41 heavy (non-hydrogen) atoms. The molecule has 1 heterocycles. The second-order valence-corrected chi connectivity index (χ2v) is 10.6. The lowest BCUT2D eigenvalue weighted by atomic mass is 9.86. The first kappa shape index (κ1) is 30.4. The topological polar surface area (TPSA) is 92.5 Å². The van der Waals surface area contributed by atoms with Gasteiger partial charge in [0.15, 0.2) is 11.5 Å². The molecule has 7 nitrogen and oxygen atoms in total. The molecule has 2 aromatic carbocycles. The Morgan fingerprint density at radius 3 is 2.07 bits per heavy atom. The number of carbonyl (C=O) groups excluding carboxylic acids is 2. The van der Waals surface area contributed by atoms with E-state index in [-0.39, 0.29) is 46.9 Å². The summed E-state index contributed by atoms with van der Waals surface area (Å²) in [5.74, 6) is -5.69. The number of hydrogen-bond donors (Lipinski definition) is 1. The van der Waals surface area contributed by atoms with Gasteiger partial charge in [-0.25, -0.2) is 8.78 Å². The third-order valence-corrected chi connectivity index (χ3v) is 7.22. The van der Waals surface area contributed by atoms with Gasteiger partial charge in [-0.05, 0) is 61.6 Å². The van der Waals surface area contributed by atoms with E-state index in [2.05, 4.69) is 5.10 Å². The zero-order chi connectivity index (χ0) is 30.1. The van der Waals surface area contributed by atoms with Crippen molar-refractivity contribution in [1.29, 1.82) is 0 Å². The van der Waals surface area contributed by atoms with Crippen LogP contribution in [0.25, 0.3) is 0 Å². The average molecular weight is 618 g/mol. The highest BCUT2D eigenvalue weighted by Crippen LogP contribution is 2.39. The van der Waals surface area contributed by atoms with E-state index in [1.54, 1.807) is 0 Å². The van der Waals surface area contributed by atoms with Gasteiger partial charge in [0.25, 0.3) is 5.91 Å². The first-order valence-electron chi connectivity index (χ1n) is 12.3. The fourth-order valence-corrected chi connectivity index (χ4v) is 5.44. The molecule has 0 radical (unpaired) electrons. The highest BCUT2D eigenvalue weighted by Gasteiger charge is 2.43. The molecule has 0 unspecified atom stereocenters. The summed E-state index contributed by atoms with van der Waals surface area (Å²) in [6.45, 7) is -1.39. The van der Waals surface area contributed by atoms with Crippen LogP contribution in [0, 0.1) is 17.6 Å². The number of amides is 1. The number of nitrogens with zero attached hydrogens (tertiary/aromatic N) is 3. The summed E-state index contributed by atoms with van der Waals surface area (Å²) in [5.41, 5.74) is -2.38. The largest absolute Gasteiger partial charge is 0.481 e. The quantitative estimate of drug-likeness (QED) is 0.221. The van der Waals surface area contributed by atoms with Crippen molar-refractivity contribution < 1.29 is 41.4 Å². The lowest BCUT2D eigenvalue weighted by molar-refractivity contribution is -0.147. The number of carboxylic acid groups (broad SMARTS) is 1. The number of carbonyl (C=O) groups is 3. The van der Waals surface area contributed by atoms with Crippen LogP contribution in [-0.4, -0.2) is 44.0 Å². The minimum Gasteiger partial charge on any atom is -0.481 e. The Bertz CT molecular complexity index is 1450. The van der Waals surface area contributed by atoms with Crippen LogP contribution in [0.1, 0.15) is 63.7 Å². The first-order valence-corrected chi connectivity index (χ1v) is 13.1. The van der Waals surface area contributed by atoms with E-state index in [0.29, 0.717) is 10.7 Å². The lowest BCUT2D eigenvalue weighted by Crippen LogP contribution is -2.36. The molecular formula is C27H22Cl2F5N3O4. The van der Waals surface area contributed by atoms with E-state index in [1.165, 1.54) is 18.2 Å².